The fourth-order valence-corrected chi connectivity index (χ4v) is 2.83. The van der Waals surface area contributed by atoms with Gasteiger partial charge in [0.25, 0.3) is 0 Å². The third-order valence-corrected chi connectivity index (χ3v) is 3.82. The maximum atomic E-state index is 11.6. The Morgan fingerprint density at radius 1 is 1.71 bits per heavy atom. The zero-order chi connectivity index (χ0) is 10.2. The standard InChI is InChI=1S/C10H14N2OS/c1-3-12-9(13)7-11-10(12,2)8-5-4-6-14-8/h4-6,11H,3,7H2,1-2H3. The number of likely N-dealkylation sites (N-methyl/N-ethyl adjacent to an activating group) is 1. The van der Waals surface area contributed by atoms with E-state index in [9.17, 15) is 4.79 Å². The fraction of sp³-hybridized carbons (Fsp3) is 0.500. The first kappa shape index (κ1) is 9.68. The lowest BCUT2D eigenvalue weighted by atomic mass is 10.1. The number of carbonyl (C=O) groups is 1. The highest BCUT2D eigenvalue weighted by atomic mass is 32.1. The molecule has 1 atom stereocenters. The lowest BCUT2D eigenvalue weighted by Gasteiger charge is -2.33. The molecule has 0 aromatic carbocycles. The summed E-state index contributed by atoms with van der Waals surface area (Å²) in [6, 6.07) is 4.09. The normalized spacial score (nSPS) is 27.3. The maximum Gasteiger partial charge on any atom is 0.238 e. The average molecular weight is 210 g/mol. The van der Waals surface area contributed by atoms with Crippen LogP contribution in [0.15, 0.2) is 17.5 Å². The number of nitrogens with one attached hydrogen (secondary N) is 1. The van der Waals surface area contributed by atoms with Crippen LogP contribution >= 0.6 is 11.3 Å². The third kappa shape index (κ3) is 1.26. The quantitative estimate of drug-likeness (QED) is 0.799. The molecular weight excluding hydrogens is 196 g/mol. The number of amides is 1. The molecule has 1 aliphatic rings. The summed E-state index contributed by atoms with van der Waals surface area (Å²) in [5.74, 6) is 0.184. The fourth-order valence-electron chi connectivity index (χ4n) is 1.96. The highest BCUT2D eigenvalue weighted by molar-refractivity contribution is 7.10. The molecule has 3 nitrogen and oxygen atoms in total. The van der Waals surface area contributed by atoms with Crippen LogP contribution in [0.2, 0.25) is 0 Å². The molecule has 4 heteroatoms. The van der Waals surface area contributed by atoms with Gasteiger partial charge in [-0.2, -0.15) is 0 Å². The van der Waals surface area contributed by atoms with Gasteiger partial charge in [-0.15, -0.1) is 11.3 Å². The van der Waals surface area contributed by atoms with Crippen molar-refractivity contribution in [3.05, 3.63) is 22.4 Å². The van der Waals surface area contributed by atoms with Crippen molar-refractivity contribution in [1.82, 2.24) is 10.2 Å². The van der Waals surface area contributed by atoms with Crippen LogP contribution in [0.4, 0.5) is 0 Å². The minimum absolute atomic E-state index is 0.184. The Labute approximate surface area is 87.7 Å². The summed E-state index contributed by atoms with van der Waals surface area (Å²) in [6.45, 7) is 5.27. The van der Waals surface area contributed by atoms with Crippen molar-refractivity contribution in [1.29, 1.82) is 0 Å². The topological polar surface area (TPSA) is 32.3 Å². The van der Waals surface area contributed by atoms with Crippen LogP contribution in [-0.4, -0.2) is 23.9 Å². The second kappa shape index (κ2) is 3.37. The number of carbonyl (C=O) groups excluding carboxylic acids is 1. The van der Waals surface area contributed by atoms with Gasteiger partial charge < -0.3 is 4.90 Å². The average Bonchev–Trinajstić information content (AvgIpc) is 2.75. The molecule has 0 saturated carbocycles. The Balaban J connectivity index is 2.36. The summed E-state index contributed by atoms with van der Waals surface area (Å²) in [5, 5.41) is 5.31. The molecule has 14 heavy (non-hydrogen) atoms. The SMILES string of the molecule is CCN1C(=O)CNC1(C)c1cccs1. The van der Waals surface area contributed by atoms with Gasteiger partial charge >= 0.3 is 0 Å². The van der Waals surface area contributed by atoms with Gasteiger partial charge in [0.05, 0.1) is 6.54 Å². The lowest BCUT2D eigenvalue weighted by molar-refractivity contribution is -0.129. The summed E-state index contributed by atoms with van der Waals surface area (Å²) >= 11 is 1.68. The van der Waals surface area contributed by atoms with E-state index in [0.717, 1.165) is 6.54 Å². The van der Waals surface area contributed by atoms with Gasteiger partial charge in [0.2, 0.25) is 5.91 Å². The van der Waals surface area contributed by atoms with E-state index in [2.05, 4.69) is 18.3 Å². The Morgan fingerprint density at radius 3 is 3.07 bits per heavy atom. The van der Waals surface area contributed by atoms with Gasteiger partial charge in [-0.25, -0.2) is 0 Å². The number of nitrogens with zero attached hydrogens (tertiary/aromatic N) is 1. The summed E-state index contributed by atoms with van der Waals surface area (Å²) in [5.41, 5.74) is -0.292. The van der Waals surface area contributed by atoms with E-state index in [4.69, 9.17) is 0 Å². The second-order valence-electron chi connectivity index (χ2n) is 3.54. The first-order valence-corrected chi connectivity index (χ1v) is 5.66. The van der Waals surface area contributed by atoms with E-state index in [1.807, 2.05) is 23.3 Å². The largest absolute Gasteiger partial charge is 0.319 e. The number of hydrogen-bond donors (Lipinski definition) is 1. The van der Waals surface area contributed by atoms with Crippen LogP contribution in [0, 0.1) is 0 Å². The van der Waals surface area contributed by atoms with Crippen molar-refractivity contribution in [2.24, 2.45) is 0 Å². The smallest absolute Gasteiger partial charge is 0.238 e. The maximum absolute atomic E-state index is 11.6. The van der Waals surface area contributed by atoms with Crippen molar-refractivity contribution < 1.29 is 4.79 Å². The molecule has 76 valence electrons. The van der Waals surface area contributed by atoms with Crippen LogP contribution in [0.25, 0.3) is 0 Å². The van der Waals surface area contributed by atoms with Crippen molar-refractivity contribution >= 4 is 17.2 Å². The highest BCUT2D eigenvalue weighted by Crippen LogP contribution is 2.31. The predicted octanol–water partition coefficient (Wildman–Crippen LogP) is 1.37. The van der Waals surface area contributed by atoms with Gasteiger partial charge in [-0.3, -0.25) is 10.1 Å². The molecule has 0 spiro atoms. The van der Waals surface area contributed by atoms with Crippen LogP contribution in [0.5, 0.6) is 0 Å². The molecule has 1 fully saturated rings. The molecule has 1 unspecified atom stereocenters. The number of rotatable bonds is 2. The Morgan fingerprint density at radius 2 is 2.50 bits per heavy atom. The summed E-state index contributed by atoms with van der Waals surface area (Å²) in [7, 11) is 0. The molecule has 1 amide bonds. The molecule has 2 rings (SSSR count). The highest BCUT2D eigenvalue weighted by Gasteiger charge is 2.42. The molecule has 0 radical (unpaired) electrons. The van der Waals surface area contributed by atoms with Crippen molar-refractivity contribution in [3.8, 4) is 0 Å². The summed E-state index contributed by atoms with van der Waals surface area (Å²) in [4.78, 5) is 14.7. The Bertz CT molecular complexity index is 336. The van der Waals surface area contributed by atoms with E-state index in [1.54, 1.807) is 11.3 Å². The number of hydrogen-bond acceptors (Lipinski definition) is 3. The van der Waals surface area contributed by atoms with Gasteiger partial charge in [0.1, 0.15) is 5.66 Å². The van der Waals surface area contributed by atoms with Crippen LogP contribution in [0.3, 0.4) is 0 Å². The van der Waals surface area contributed by atoms with Crippen LogP contribution < -0.4 is 5.32 Å². The van der Waals surface area contributed by atoms with Gasteiger partial charge in [-0.05, 0) is 25.3 Å². The molecule has 1 saturated heterocycles. The first-order valence-electron chi connectivity index (χ1n) is 4.78. The van der Waals surface area contributed by atoms with Gasteiger partial charge in [0.15, 0.2) is 0 Å². The predicted molar refractivity (Wildman–Crippen MR) is 57.1 cm³/mol. The van der Waals surface area contributed by atoms with E-state index in [1.165, 1.54) is 4.88 Å². The zero-order valence-corrected chi connectivity index (χ0v) is 9.23. The van der Waals surface area contributed by atoms with Crippen molar-refractivity contribution in [2.45, 2.75) is 19.5 Å². The van der Waals surface area contributed by atoms with E-state index >= 15 is 0 Å². The van der Waals surface area contributed by atoms with Gasteiger partial charge in [-0.1, -0.05) is 6.07 Å². The number of thiophene rings is 1. The Hall–Kier alpha value is -0.870. The molecule has 1 aromatic heterocycles. The Kier molecular flexibility index (Phi) is 2.33. The van der Waals surface area contributed by atoms with Gasteiger partial charge in [0, 0.05) is 11.4 Å². The monoisotopic (exact) mass is 210 g/mol. The van der Waals surface area contributed by atoms with E-state index < -0.39 is 0 Å². The van der Waals surface area contributed by atoms with Crippen LogP contribution in [-0.2, 0) is 10.5 Å². The van der Waals surface area contributed by atoms with Crippen molar-refractivity contribution in [2.75, 3.05) is 13.1 Å². The summed E-state index contributed by atoms with van der Waals surface area (Å²) < 4.78 is 0. The third-order valence-electron chi connectivity index (χ3n) is 2.74. The molecule has 0 bridgehead atoms. The molecule has 1 N–H and O–H groups in total. The molecule has 2 heterocycles. The lowest BCUT2D eigenvalue weighted by Crippen LogP contribution is -2.46. The molecule has 1 aliphatic heterocycles. The molecular formula is C10H14N2OS. The zero-order valence-electron chi connectivity index (χ0n) is 8.41. The molecule has 0 aliphatic carbocycles. The van der Waals surface area contributed by atoms with Crippen molar-refractivity contribution in [3.63, 3.8) is 0 Å². The minimum atomic E-state index is -0.292. The molecule has 1 aromatic rings. The van der Waals surface area contributed by atoms with E-state index in [-0.39, 0.29) is 11.6 Å². The first-order chi connectivity index (χ1) is 6.68. The van der Waals surface area contributed by atoms with Crippen LogP contribution in [0.1, 0.15) is 18.7 Å². The second-order valence-corrected chi connectivity index (χ2v) is 4.49. The summed E-state index contributed by atoms with van der Waals surface area (Å²) in [6.07, 6.45) is 0. The van der Waals surface area contributed by atoms with E-state index in [0.29, 0.717) is 6.54 Å². The minimum Gasteiger partial charge on any atom is -0.319 e.